The van der Waals surface area contributed by atoms with Gasteiger partial charge in [0, 0.05) is 63.8 Å². The first kappa shape index (κ1) is 16.5. The van der Waals surface area contributed by atoms with E-state index in [1.807, 2.05) is 0 Å². The molecule has 4 heavy (non-hydrogen) atoms. The molecule has 0 rings (SSSR count). The molecule has 0 aromatic rings. The topological polar surface area (TPSA) is 23.9 Å². The van der Waals surface area contributed by atoms with E-state index in [4.69, 9.17) is 4.78 Å². The second kappa shape index (κ2) is 19.5. The van der Waals surface area contributed by atoms with Crippen LogP contribution in [-0.4, -0.2) is 51.4 Å². The van der Waals surface area contributed by atoms with E-state index in [2.05, 4.69) is 12.4 Å². The first-order valence-corrected chi connectivity index (χ1v) is 0.612. The van der Waals surface area contributed by atoms with Gasteiger partial charge in [-0.2, -0.15) is 9.90 Å². The van der Waals surface area contributed by atoms with Crippen LogP contribution in [0.25, 0.3) is 0 Å². The molecule has 0 saturated carbocycles. The molecular weight excluding hydrogens is 116 g/mol. The van der Waals surface area contributed by atoms with Crippen LogP contribution in [0.15, 0.2) is 0 Å². The summed E-state index contributed by atoms with van der Waals surface area (Å²) in [5.41, 5.74) is 0. The van der Waals surface area contributed by atoms with Crippen molar-refractivity contribution in [2.24, 2.45) is 0 Å². The molecule has 1 nitrogen and oxygen atoms in total. The first-order valence-electron chi connectivity index (χ1n) is 0.204. The molecule has 0 amide bonds. The van der Waals surface area contributed by atoms with Gasteiger partial charge in [-0.25, -0.2) is 4.78 Å². The average molecular weight is 120 g/mol. The smallest absolute Gasteiger partial charge is 0.0324 e. The summed E-state index contributed by atoms with van der Waals surface area (Å²) in [6, 6.07) is 0. The van der Waals surface area contributed by atoms with Crippen molar-refractivity contribution in [2.45, 2.75) is 0 Å². The zero-order chi connectivity index (χ0) is 2.00. The minimum absolute atomic E-state index is 0. The third-order valence-corrected chi connectivity index (χ3v) is 0. The maximum Gasteiger partial charge on any atom is 0.0324 e. The predicted octanol–water partition coefficient (Wildman–Crippen LogP) is -0.0270. The van der Waals surface area contributed by atoms with Crippen molar-refractivity contribution >= 4 is 73.7 Å². The van der Waals surface area contributed by atoms with Crippen LogP contribution in [0.5, 0.6) is 0 Å². The monoisotopic (exact) mass is 120 g/mol. The van der Waals surface area contributed by atoms with Crippen LogP contribution in [0.2, 0.25) is 0 Å². The molecule has 0 spiro atoms. The zero-order valence-electron chi connectivity index (χ0n) is 2.62. The number of nitrogens with one attached hydrogen (secondary N) is 1. The van der Waals surface area contributed by atoms with E-state index in [0.717, 1.165) is 0 Å². The molecule has 0 fully saturated rings. The molecule has 1 N–H and O–H groups in total. The van der Waals surface area contributed by atoms with Crippen LogP contribution in [0.1, 0.15) is 0 Å². The van der Waals surface area contributed by atoms with E-state index in [9.17, 15) is 0 Å². The van der Waals surface area contributed by atoms with Gasteiger partial charge < -0.3 is 0 Å². The predicted molar refractivity (Wildman–Crippen MR) is 26.9 cm³/mol. The first-order chi connectivity index (χ1) is 1.00. The molecule has 0 bridgehead atoms. The summed E-state index contributed by atoms with van der Waals surface area (Å²) >= 11 is 3.33. The molecule has 0 heterocycles. The van der Waals surface area contributed by atoms with Crippen molar-refractivity contribution in [3.8, 4) is 0 Å². The molecule has 1 atom stereocenters. The van der Waals surface area contributed by atoms with Gasteiger partial charge in [0.25, 0.3) is 0 Å². The van der Waals surface area contributed by atoms with Gasteiger partial charge in [-0.3, -0.25) is 0 Å². The van der Waals surface area contributed by atoms with Crippen LogP contribution in [0, 0.1) is 4.78 Å². The van der Waals surface area contributed by atoms with Crippen LogP contribution >= 0.6 is 9.90 Å². The third-order valence-electron chi connectivity index (χ3n) is 0. The van der Waals surface area contributed by atoms with Crippen LogP contribution in [0.3, 0.4) is 0 Å². The van der Waals surface area contributed by atoms with Crippen LogP contribution in [-0.2, 0) is 12.4 Å². The Labute approximate surface area is 76.9 Å². The van der Waals surface area contributed by atoms with E-state index >= 15 is 0 Å². The average Bonchev–Trinajstić information content (AvgIpc) is 1.00. The molecule has 0 saturated heterocycles. The van der Waals surface area contributed by atoms with E-state index < -0.39 is 0 Å². The second-order valence-electron chi connectivity index (χ2n) is 0. The van der Waals surface area contributed by atoms with Crippen molar-refractivity contribution in [1.82, 2.24) is 0 Å². The number of rotatable bonds is 0. The minimum Gasteiger partial charge on any atom is -0.235 e. The molecule has 0 aliphatic heterocycles. The molecule has 0 aromatic carbocycles. The van der Waals surface area contributed by atoms with E-state index in [-0.39, 0.29) is 61.3 Å². The SMILES string of the molecule is N=S.P.[K]. The molecule has 0 aliphatic rings. The fourth-order valence-electron chi connectivity index (χ4n) is 0. The summed E-state index contributed by atoms with van der Waals surface area (Å²) in [5, 5.41) is 0. The Morgan fingerprint density at radius 2 is 1.25 bits per heavy atom. The van der Waals surface area contributed by atoms with Gasteiger partial charge in [0.2, 0.25) is 0 Å². The standard InChI is InChI=1S/K.HNS.H3P/c;1-2;/h;1H;1H3. The zero-order valence-corrected chi connectivity index (χ0v) is 7.97. The van der Waals surface area contributed by atoms with Crippen molar-refractivity contribution in [3.63, 3.8) is 0 Å². The Hall–Kier alpha value is 2.09. The summed E-state index contributed by atoms with van der Waals surface area (Å²) in [5.74, 6) is 0. The van der Waals surface area contributed by atoms with Gasteiger partial charge in [-0.1, -0.05) is 0 Å². The van der Waals surface area contributed by atoms with Gasteiger partial charge in [0.15, 0.2) is 0 Å². The normalized spacial score (nSPS) is 1.00. The fraction of sp³-hybridized carbons (Fsp3) is 0. The van der Waals surface area contributed by atoms with Crippen molar-refractivity contribution in [2.75, 3.05) is 0 Å². The van der Waals surface area contributed by atoms with Gasteiger partial charge >= 0.3 is 0 Å². The molecule has 1 radical (unpaired) electrons. The largest absolute Gasteiger partial charge is 0.235 e. The molecule has 0 aliphatic carbocycles. The summed E-state index contributed by atoms with van der Waals surface area (Å²) < 4.78 is 5.33. The maximum absolute atomic E-state index is 5.33. The Kier molecular flexibility index (Phi) is 80.6. The Bertz CT molecular complexity index is 8.00. The van der Waals surface area contributed by atoms with Gasteiger partial charge in [-0.15, -0.1) is 0 Å². The van der Waals surface area contributed by atoms with Crippen LogP contribution in [0.4, 0.5) is 0 Å². The second-order valence-corrected chi connectivity index (χ2v) is 0. The summed E-state index contributed by atoms with van der Waals surface area (Å²) in [7, 11) is 0. The van der Waals surface area contributed by atoms with E-state index in [0.29, 0.717) is 0 Å². The Balaban J connectivity index is -0.00000000500. The summed E-state index contributed by atoms with van der Waals surface area (Å²) in [4.78, 5) is 0. The quantitative estimate of drug-likeness (QED) is 0.352. The third kappa shape index (κ3) is 8.94. The number of hydrogen-bond acceptors (Lipinski definition) is 2. The van der Waals surface area contributed by atoms with Gasteiger partial charge in [-0.05, 0) is 0 Å². The minimum atomic E-state index is 0. The van der Waals surface area contributed by atoms with Crippen LogP contribution < -0.4 is 0 Å². The summed E-state index contributed by atoms with van der Waals surface area (Å²) in [6.45, 7) is 0. The Morgan fingerprint density at radius 3 is 1.25 bits per heavy atom. The number of hydrogen-bond donors (Lipinski definition) is 1. The molecule has 1 unspecified atom stereocenters. The fourth-order valence-corrected chi connectivity index (χ4v) is 0. The van der Waals surface area contributed by atoms with Gasteiger partial charge in [0.05, 0.1) is 0 Å². The van der Waals surface area contributed by atoms with E-state index in [1.54, 1.807) is 0 Å². The van der Waals surface area contributed by atoms with Crippen molar-refractivity contribution in [3.05, 3.63) is 0 Å². The Morgan fingerprint density at radius 1 is 1.25 bits per heavy atom. The summed E-state index contributed by atoms with van der Waals surface area (Å²) in [6.07, 6.45) is 0. The van der Waals surface area contributed by atoms with Crippen molar-refractivity contribution in [1.29, 1.82) is 4.78 Å². The molecule has 0 aromatic heterocycles. The molecule has 21 valence electrons. The van der Waals surface area contributed by atoms with Gasteiger partial charge in [0.1, 0.15) is 0 Å². The maximum atomic E-state index is 5.33. The molecule has 4 heteroatoms. The van der Waals surface area contributed by atoms with Crippen molar-refractivity contribution < 1.29 is 0 Å². The molecular formula is H4KNPS. The van der Waals surface area contributed by atoms with E-state index in [1.165, 1.54) is 0 Å².